The maximum absolute atomic E-state index is 11.1. The highest BCUT2D eigenvalue weighted by atomic mass is 79.9. The Balaban J connectivity index is 2.68. The van der Waals surface area contributed by atoms with E-state index < -0.39 is 6.09 Å². The van der Waals surface area contributed by atoms with Crippen LogP contribution in [-0.4, -0.2) is 33.5 Å². The lowest BCUT2D eigenvalue weighted by Gasteiger charge is -2.12. The zero-order valence-corrected chi connectivity index (χ0v) is 12.6. The Hall–Kier alpha value is -1.43. The predicted octanol–water partition coefficient (Wildman–Crippen LogP) is 2.57. The number of carbonyl (C=O) groups excluding carboxylic acids is 1. The van der Waals surface area contributed by atoms with E-state index in [9.17, 15) is 4.79 Å². The van der Waals surface area contributed by atoms with E-state index in [4.69, 9.17) is 9.47 Å². The third-order valence-electron chi connectivity index (χ3n) is 2.45. The van der Waals surface area contributed by atoms with Gasteiger partial charge in [0, 0.05) is 6.54 Å². The number of amides is 1. The molecular formula is C13H17BrNO4. The van der Waals surface area contributed by atoms with Crippen LogP contribution in [0.3, 0.4) is 0 Å². The summed E-state index contributed by atoms with van der Waals surface area (Å²) in [4.78, 5) is 11.1. The van der Waals surface area contributed by atoms with Crippen molar-refractivity contribution in [2.24, 2.45) is 0 Å². The molecule has 0 bridgehead atoms. The van der Waals surface area contributed by atoms with E-state index in [1.807, 2.05) is 12.1 Å². The van der Waals surface area contributed by atoms with Gasteiger partial charge in [-0.3, -0.25) is 0 Å². The number of alkyl carbamates (subject to hydrolysis) is 1. The molecule has 0 spiro atoms. The van der Waals surface area contributed by atoms with Gasteiger partial charge in [0.15, 0.2) is 0 Å². The highest BCUT2D eigenvalue weighted by Crippen LogP contribution is 2.32. The maximum Gasteiger partial charge on any atom is 0.407 e. The van der Waals surface area contributed by atoms with Gasteiger partial charge in [0.25, 0.3) is 0 Å². The van der Waals surface area contributed by atoms with Crippen molar-refractivity contribution in [3.05, 3.63) is 29.1 Å². The maximum atomic E-state index is 11.1. The van der Waals surface area contributed by atoms with E-state index in [1.54, 1.807) is 14.2 Å². The summed E-state index contributed by atoms with van der Waals surface area (Å²) in [6.07, 6.45) is 0.136. The monoisotopic (exact) mass is 330 g/mol. The zero-order chi connectivity index (χ0) is 14.3. The van der Waals surface area contributed by atoms with E-state index in [1.165, 1.54) is 0 Å². The first-order valence-electron chi connectivity index (χ1n) is 5.72. The summed E-state index contributed by atoms with van der Waals surface area (Å²) < 4.78 is 16.0. The minimum atomic E-state index is -0.474. The third-order valence-corrected chi connectivity index (χ3v) is 3.07. The van der Waals surface area contributed by atoms with Gasteiger partial charge in [-0.15, -0.1) is 0 Å². The average Bonchev–Trinajstić information content (AvgIpc) is 2.40. The summed E-state index contributed by atoms with van der Waals surface area (Å²) in [5.74, 6) is 1.45. The number of hydrogen-bond acceptors (Lipinski definition) is 4. The van der Waals surface area contributed by atoms with Gasteiger partial charge in [-0.25, -0.2) is 4.79 Å². The number of benzene rings is 1. The van der Waals surface area contributed by atoms with Crippen LogP contribution in [0.25, 0.3) is 0 Å². The molecular weight excluding hydrogens is 314 g/mol. The molecule has 105 valence electrons. The molecule has 1 N–H and O–H groups in total. The first kappa shape index (κ1) is 15.6. The lowest BCUT2D eigenvalue weighted by molar-refractivity contribution is 0.158. The topological polar surface area (TPSA) is 56.8 Å². The minimum Gasteiger partial charge on any atom is -0.496 e. The molecule has 0 saturated carbocycles. The predicted molar refractivity (Wildman–Crippen MR) is 75.7 cm³/mol. The van der Waals surface area contributed by atoms with Crippen molar-refractivity contribution in [3.8, 4) is 11.5 Å². The van der Waals surface area contributed by atoms with Crippen molar-refractivity contribution < 1.29 is 19.0 Å². The lowest BCUT2D eigenvalue weighted by atomic mass is 10.1. The van der Waals surface area contributed by atoms with Gasteiger partial charge in [0.2, 0.25) is 0 Å². The number of ether oxygens (including phenoxy) is 3. The third kappa shape index (κ3) is 4.63. The molecule has 1 amide bonds. The largest absolute Gasteiger partial charge is 0.496 e. The molecule has 0 aromatic heterocycles. The summed E-state index contributed by atoms with van der Waals surface area (Å²) in [6.45, 7) is 3.98. The first-order chi connectivity index (χ1) is 9.12. The van der Waals surface area contributed by atoms with Crippen molar-refractivity contribution in [2.75, 3.05) is 27.4 Å². The smallest absolute Gasteiger partial charge is 0.407 e. The fraction of sp³-hybridized carbons (Fsp3) is 0.385. The second-order valence-corrected chi connectivity index (χ2v) is 4.47. The van der Waals surface area contributed by atoms with Crippen molar-refractivity contribution in [2.45, 2.75) is 6.42 Å². The Kier molecular flexibility index (Phi) is 6.49. The van der Waals surface area contributed by atoms with Gasteiger partial charge in [0.05, 0.1) is 25.3 Å². The molecule has 19 heavy (non-hydrogen) atoms. The van der Waals surface area contributed by atoms with Crippen LogP contribution in [0.4, 0.5) is 4.79 Å². The number of halogens is 1. The number of carbonyl (C=O) groups is 1. The van der Waals surface area contributed by atoms with E-state index in [0.29, 0.717) is 13.0 Å². The Morgan fingerprint density at radius 2 is 2.00 bits per heavy atom. The Labute approximate surface area is 121 Å². The van der Waals surface area contributed by atoms with Gasteiger partial charge in [-0.05, 0) is 47.0 Å². The second kappa shape index (κ2) is 7.89. The summed E-state index contributed by atoms with van der Waals surface area (Å²) in [5, 5.41) is 2.63. The van der Waals surface area contributed by atoms with E-state index in [-0.39, 0.29) is 6.61 Å². The standard InChI is InChI=1S/C13H17BrNO4/c1-4-19-13(16)15-6-5-9-7-12(18-3)10(14)8-11(9)17-2/h7-8H,1,4-6H2,2-3H3,(H,15,16). The van der Waals surface area contributed by atoms with Crippen LogP contribution in [0.2, 0.25) is 0 Å². The van der Waals surface area contributed by atoms with Crippen LogP contribution in [0.15, 0.2) is 16.6 Å². The molecule has 1 radical (unpaired) electrons. The summed E-state index contributed by atoms with van der Waals surface area (Å²) in [7, 11) is 3.20. The Bertz CT molecular complexity index is 437. The van der Waals surface area contributed by atoms with Crippen molar-refractivity contribution >= 4 is 22.0 Å². The molecule has 0 aliphatic rings. The van der Waals surface area contributed by atoms with Crippen LogP contribution in [0, 0.1) is 6.92 Å². The van der Waals surface area contributed by atoms with Crippen LogP contribution >= 0.6 is 15.9 Å². The molecule has 5 nitrogen and oxygen atoms in total. The van der Waals surface area contributed by atoms with Gasteiger partial charge < -0.3 is 19.5 Å². The van der Waals surface area contributed by atoms with Gasteiger partial charge in [-0.2, -0.15) is 0 Å². The highest BCUT2D eigenvalue weighted by Gasteiger charge is 2.10. The van der Waals surface area contributed by atoms with Crippen LogP contribution in [0.5, 0.6) is 11.5 Å². The van der Waals surface area contributed by atoms with Gasteiger partial charge >= 0.3 is 6.09 Å². The van der Waals surface area contributed by atoms with Crippen LogP contribution in [0.1, 0.15) is 5.56 Å². The first-order valence-corrected chi connectivity index (χ1v) is 6.52. The number of hydrogen-bond donors (Lipinski definition) is 1. The quantitative estimate of drug-likeness (QED) is 0.870. The summed E-state index contributed by atoms with van der Waals surface area (Å²) in [6, 6.07) is 3.71. The normalized spacial score (nSPS) is 9.89. The Morgan fingerprint density at radius 3 is 2.58 bits per heavy atom. The van der Waals surface area contributed by atoms with E-state index >= 15 is 0 Å². The van der Waals surface area contributed by atoms with Crippen LogP contribution in [-0.2, 0) is 11.2 Å². The molecule has 0 aliphatic carbocycles. The molecule has 0 atom stereocenters. The van der Waals surface area contributed by atoms with Crippen molar-refractivity contribution in [1.82, 2.24) is 5.32 Å². The number of methoxy groups -OCH3 is 2. The van der Waals surface area contributed by atoms with Gasteiger partial charge in [-0.1, -0.05) is 0 Å². The molecule has 0 saturated heterocycles. The van der Waals surface area contributed by atoms with Crippen molar-refractivity contribution in [3.63, 3.8) is 0 Å². The SMILES string of the molecule is [CH2]COC(=O)NCCc1cc(OC)c(Br)cc1OC. The summed E-state index contributed by atoms with van der Waals surface area (Å²) >= 11 is 3.39. The molecule has 6 heteroatoms. The molecule has 0 aliphatic heterocycles. The fourth-order valence-corrected chi connectivity index (χ4v) is 2.05. The van der Waals surface area contributed by atoms with Crippen molar-refractivity contribution in [1.29, 1.82) is 0 Å². The molecule has 0 fully saturated rings. The van der Waals surface area contributed by atoms with E-state index in [2.05, 4.69) is 32.9 Å². The molecule has 0 unspecified atom stereocenters. The lowest BCUT2D eigenvalue weighted by Crippen LogP contribution is -2.26. The highest BCUT2D eigenvalue weighted by molar-refractivity contribution is 9.10. The number of rotatable bonds is 6. The van der Waals surface area contributed by atoms with E-state index in [0.717, 1.165) is 21.5 Å². The van der Waals surface area contributed by atoms with Gasteiger partial charge in [0.1, 0.15) is 11.5 Å². The summed E-state index contributed by atoms with van der Waals surface area (Å²) in [5.41, 5.74) is 0.942. The fourth-order valence-electron chi connectivity index (χ4n) is 1.56. The number of nitrogens with one attached hydrogen (secondary N) is 1. The minimum absolute atomic E-state index is 0.112. The zero-order valence-electron chi connectivity index (χ0n) is 11.0. The Morgan fingerprint density at radius 1 is 1.32 bits per heavy atom. The second-order valence-electron chi connectivity index (χ2n) is 3.61. The van der Waals surface area contributed by atoms with Crippen LogP contribution < -0.4 is 14.8 Å². The molecule has 1 aromatic rings. The average molecular weight is 331 g/mol. The molecule has 1 aromatic carbocycles. The molecule has 1 rings (SSSR count). The molecule has 0 heterocycles.